The van der Waals surface area contributed by atoms with E-state index in [9.17, 15) is 33.6 Å². The topological polar surface area (TPSA) is 270 Å². The summed E-state index contributed by atoms with van der Waals surface area (Å²) in [5, 5.41) is 3.35. The van der Waals surface area contributed by atoms with Crippen molar-refractivity contribution in [1.29, 1.82) is 0 Å². The van der Waals surface area contributed by atoms with Crippen LogP contribution in [-0.2, 0) is 85.7 Å². The van der Waals surface area contributed by atoms with E-state index in [0.717, 1.165) is 48.5 Å². The maximum absolute atomic E-state index is 12.4. The van der Waals surface area contributed by atoms with Gasteiger partial charge in [0, 0.05) is 59.9 Å². The van der Waals surface area contributed by atoms with Gasteiger partial charge < -0.3 is 52.1 Å². The Morgan fingerprint density at radius 1 is 0.551 bits per heavy atom. The Morgan fingerprint density at radius 2 is 0.939 bits per heavy atom. The van der Waals surface area contributed by atoms with Gasteiger partial charge in [-0.3, -0.25) is 33.6 Å². The van der Waals surface area contributed by atoms with Crippen molar-refractivity contribution < 1.29 is 85.7 Å². The molecule has 0 amide bonds. The second kappa shape index (κ2) is 19.4. The van der Waals surface area contributed by atoms with Crippen molar-refractivity contribution >= 4 is 41.8 Å². The lowest BCUT2D eigenvalue weighted by atomic mass is 9.96. The molecule has 2 heterocycles. The molecule has 10 unspecified atom stereocenters. The summed E-state index contributed by atoms with van der Waals surface area (Å²) in [6, 6.07) is 0. The third kappa shape index (κ3) is 13.1. The van der Waals surface area contributed by atoms with Crippen LogP contribution in [0.4, 0.5) is 0 Å². The van der Waals surface area contributed by atoms with Gasteiger partial charge in [0.25, 0.3) is 0 Å². The van der Waals surface area contributed by atoms with E-state index in [1.165, 1.54) is 0 Å². The van der Waals surface area contributed by atoms with Crippen LogP contribution in [0.5, 0.6) is 0 Å². The molecule has 0 aliphatic carbocycles. The van der Waals surface area contributed by atoms with Crippen LogP contribution in [0.3, 0.4) is 0 Å². The molecule has 0 saturated carbocycles. The Morgan fingerprint density at radius 3 is 1.39 bits per heavy atom. The number of hydrogen-bond donors (Lipinski definition) is 0. The first-order valence-electron chi connectivity index (χ1n) is 14.8. The zero-order valence-electron chi connectivity index (χ0n) is 27.8. The van der Waals surface area contributed by atoms with Crippen molar-refractivity contribution in [1.82, 2.24) is 0 Å². The molecule has 21 nitrogen and oxygen atoms in total. The first-order chi connectivity index (χ1) is 23.0. The van der Waals surface area contributed by atoms with E-state index in [1.807, 2.05) is 0 Å². The van der Waals surface area contributed by atoms with Crippen molar-refractivity contribution in [3.8, 4) is 0 Å². The van der Waals surface area contributed by atoms with Crippen LogP contribution in [-0.4, -0.2) is 130 Å². The molecule has 2 fully saturated rings. The minimum Gasteiger partial charge on any atom is -0.463 e. The smallest absolute Gasteiger partial charge is 0.303 e. The predicted octanol–water partition coefficient (Wildman–Crippen LogP) is -0.0670. The number of ether oxygens (including phenoxy) is 11. The monoisotopic (exact) mass is 705 g/mol. The van der Waals surface area contributed by atoms with Crippen LogP contribution < -0.4 is 0 Å². The SMILES string of the molecule is CC(=O)OCC1OC(OC2C(COC(C)=O)OC(OCCN=[N+]=[N-])C(OC(C)=O)C2OC(C)=O)C(OC(C)=O)C(OC(C)=O)C1OC(C)=O. The molecule has 0 aromatic carbocycles. The molecule has 0 aromatic rings. The molecule has 0 bridgehead atoms. The fourth-order valence-electron chi connectivity index (χ4n) is 4.86. The van der Waals surface area contributed by atoms with Gasteiger partial charge in [-0.1, -0.05) is 5.11 Å². The molecule has 2 aliphatic heterocycles. The van der Waals surface area contributed by atoms with E-state index < -0.39 is 116 Å². The second-order valence-corrected chi connectivity index (χ2v) is 10.5. The minimum atomic E-state index is -1.81. The molecule has 0 N–H and O–H groups in total. The van der Waals surface area contributed by atoms with Gasteiger partial charge >= 0.3 is 41.8 Å². The van der Waals surface area contributed by atoms with Crippen molar-refractivity contribution in [2.24, 2.45) is 5.11 Å². The summed E-state index contributed by atoms with van der Waals surface area (Å²) in [6.45, 7) is 5.74. The van der Waals surface area contributed by atoms with Crippen LogP contribution in [0.2, 0.25) is 0 Å². The Kier molecular flexibility index (Phi) is 16.1. The molecular weight excluding hydrogens is 666 g/mol. The zero-order chi connectivity index (χ0) is 36.8. The average Bonchev–Trinajstić information content (AvgIpc) is 2.97. The number of carbonyl (C=O) groups excluding carboxylic acids is 7. The number of azide groups is 1. The number of hydrogen-bond acceptors (Lipinski definition) is 19. The summed E-state index contributed by atoms with van der Waals surface area (Å²) >= 11 is 0. The Bertz CT molecular complexity index is 1270. The quantitative estimate of drug-likeness (QED) is 0.0538. The standard InChI is InChI=1S/C28H39N3O18/c1-12(32)40-10-19-21(42-14(3)34)23(43-15(4)35)26(46-18(7)38)28(48-19)49-22-20(11-41-13(2)33)47-27(39-9-8-30-31-29)25(45-17(6)37)24(22)44-16(5)36/h19-28H,8-11H2,1-7H3. The van der Waals surface area contributed by atoms with E-state index in [1.54, 1.807) is 0 Å². The maximum atomic E-state index is 12.4. The number of nitrogens with zero attached hydrogens (tertiary/aromatic N) is 3. The lowest BCUT2D eigenvalue weighted by molar-refractivity contribution is -0.360. The van der Waals surface area contributed by atoms with Gasteiger partial charge in [0.1, 0.15) is 31.5 Å². The molecule has 21 heteroatoms. The molecule has 10 atom stereocenters. The average molecular weight is 706 g/mol. The summed E-state index contributed by atoms with van der Waals surface area (Å²) in [5.41, 5.74) is 8.61. The summed E-state index contributed by atoms with van der Waals surface area (Å²) in [5.74, 6) is -6.01. The number of rotatable bonds is 15. The molecule has 0 aromatic heterocycles. The van der Waals surface area contributed by atoms with E-state index in [-0.39, 0.29) is 13.2 Å². The van der Waals surface area contributed by atoms with Gasteiger partial charge in [0.2, 0.25) is 0 Å². The predicted molar refractivity (Wildman–Crippen MR) is 153 cm³/mol. The van der Waals surface area contributed by atoms with Gasteiger partial charge in [-0.15, -0.1) is 0 Å². The van der Waals surface area contributed by atoms with Crippen LogP contribution >= 0.6 is 0 Å². The first-order valence-corrected chi connectivity index (χ1v) is 14.8. The number of esters is 7. The highest BCUT2D eigenvalue weighted by atomic mass is 16.8. The first kappa shape index (κ1) is 40.6. The minimum absolute atomic E-state index is 0.180. The van der Waals surface area contributed by atoms with E-state index >= 15 is 0 Å². The molecule has 2 aliphatic rings. The van der Waals surface area contributed by atoms with Crippen molar-refractivity contribution in [3.63, 3.8) is 0 Å². The van der Waals surface area contributed by atoms with Crippen LogP contribution in [0.1, 0.15) is 48.5 Å². The molecule has 49 heavy (non-hydrogen) atoms. The molecular formula is C28H39N3O18. The summed E-state index contributed by atoms with van der Waals surface area (Å²) in [4.78, 5) is 87.4. The van der Waals surface area contributed by atoms with Gasteiger partial charge in [-0.2, -0.15) is 0 Å². The van der Waals surface area contributed by atoms with Crippen LogP contribution in [0, 0.1) is 0 Å². The van der Waals surface area contributed by atoms with E-state index in [2.05, 4.69) is 10.0 Å². The Balaban J connectivity index is 2.71. The number of carbonyl (C=O) groups is 7. The van der Waals surface area contributed by atoms with Gasteiger partial charge in [0.05, 0.1) is 6.61 Å². The molecule has 2 rings (SSSR count). The van der Waals surface area contributed by atoms with Crippen molar-refractivity contribution in [2.45, 2.75) is 110 Å². The third-order valence-electron chi connectivity index (χ3n) is 6.42. The lowest BCUT2D eigenvalue weighted by Crippen LogP contribution is -2.67. The highest BCUT2D eigenvalue weighted by Gasteiger charge is 2.57. The fraction of sp³-hybridized carbons (Fsp3) is 0.750. The Hall–Kier alpha value is -4.56. The van der Waals surface area contributed by atoms with E-state index in [0.29, 0.717) is 0 Å². The Labute approximate surface area is 279 Å². The molecule has 2 saturated heterocycles. The molecule has 0 spiro atoms. The van der Waals surface area contributed by atoms with E-state index in [4.69, 9.17) is 57.6 Å². The lowest BCUT2D eigenvalue weighted by Gasteiger charge is -2.48. The highest BCUT2D eigenvalue weighted by molar-refractivity contribution is 5.69. The van der Waals surface area contributed by atoms with Gasteiger partial charge in [0.15, 0.2) is 43.1 Å². The van der Waals surface area contributed by atoms with Crippen molar-refractivity contribution in [2.75, 3.05) is 26.4 Å². The highest BCUT2D eigenvalue weighted by Crippen LogP contribution is 2.35. The molecule has 274 valence electrons. The van der Waals surface area contributed by atoms with Crippen molar-refractivity contribution in [3.05, 3.63) is 10.4 Å². The summed E-state index contributed by atoms with van der Waals surface area (Å²) in [6.07, 6.45) is -15.8. The fourth-order valence-corrected chi connectivity index (χ4v) is 4.86. The third-order valence-corrected chi connectivity index (χ3v) is 6.42. The van der Waals surface area contributed by atoms with Crippen LogP contribution in [0.25, 0.3) is 10.4 Å². The summed E-state index contributed by atoms with van der Waals surface area (Å²) < 4.78 is 61.2. The van der Waals surface area contributed by atoms with Gasteiger partial charge in [-0.25, -0.2) is 0 Å². The zero-order valence-corrected chi connectivity index (χ0v) is 27.8. The van der Waals surface area contributed by atoms with Crippen LogP contribution in [0.15, 0.2) is 5.11 Å². The second-order valence-electron chi connectivity index (χ2n) is 10.5. The molecule has 0 radical (unpaired) electrons. The summed E-state index contributed by atoms with van der Waals surface area (Å²) in [7, 11) is 0. The van der Waals surface area contributed by atoms with Gasteiger partial charge in [-0.05, 0) is 5.53 Å². The maximum Gasteiger partial charge on any atom is 0.303 e. The normalized spacial score (nSPS) is 29.2. The largest absolute Gasteiger partial charge is 0.463 e.